The summed E-state index contributed by atoms with van der Waals surface area (Å²) in [5.41, 5.74) is -3.92. The van der Waals surface area contributed by atoms with Gasteiger partial charge in [-0.1, -0.05) is 33.3 Å². The van der Waals surface area contributed by atoms with Gasteiger partial charge in [-0.15, -0.1) is 0 Å². The van der Waals surface area contributed by atoms with Crippen molar-refractivity contribution in [2.75, 3.05) is 0 Å². The van der Waals surface area contributed by atoms with Gasteiger partial charge < -0.3 is 33.2 Å². The van der Waals surface area contributed by atoms with Crippen molar-refractivity contribution in [2.45, 2.75) is 136 Å². The van der Waals surface area contributed by atoms with E-state index >= 15 is 0 Å². The summed E-state index contributed by atoms with van der Waals surface area (Å²) >= 11 is 0. The summed E-state index contributed by atoms with van der Waals surface area (Å²) in [6, 6.07) is 0. The Morgan fingerprint density at radius 2 is 1.43 bits per heavy atom. The van der Waals surface area contributed by atoms with Crippen LogP contribution in [-0.2, 0) is 61.9 Å². The van der Waals surface area contributed by atoms with Gasteiger partial charge >= 0.3 is 35.8 Å². The summed E-state index contributed by atoms with van der Waals surface area (Å²) in [6.45, 7) is 15.4. The van der Waals surface area contributed by atoms with Gasteiger partial charge in [-0.3, -0.25) is 24.0 Å². The molecule has 2 aliphatic carbocycles. The predicted molar refractivity (Wildman–Crippen MR) is 157 cm³/mol. The van der Waals surface area contributed by atoms with Crippen molar-refractivity contribution < 1.29 is 61.9 Å². The van der Waals surface area contributed by atoms with E-state index in [0.29, 0.717) is 5.57 Å². The first-order chi connectivity index (χ1) is 21.3. The Hall–Kier alpha value is -3.48. The maximum Gasteiger partial charge on any atom is 0.342 e. The molecule has 2 aliphatic heterocycles. The standard InChI is InChI=1S/C33H46O13/c1-15(2)11-26(38)44-22-14-24(41-19(6)35)31(9)27(17(22)4)29(43-21(8)37)33-25(45-30(39)32(33,10)46-33)13-16(3)12-23(40-18(5)34)28(31)42-20(7)36/h13,15,17,22-25,27-29H,11-12,14H2,1-10H3/b16-13-/t17-,22-,23-,24-,25-,27+,28-,29-,31-,32-,33-/m1/s1. The molecule has 0 amide bonds. The first-order valence-electron chi connectivity index (χ1n) is 15.7. The van der Waals surface area contributed by atoms with Gasteiger partial charge in [-0.25, -0.2) is 4.79 Å². The fourth-order valence-corrected chi connectivity index (χ4v) is 8.01. The third-order valence-corrected chi connectivity index (χ3v) is 9.86. The topological polar surface area (TPSA) is 170 Å². The Morgan fingerprint density at radius 1 is 0.870 bits per heavy atom. The number of epoxide rings is 1. The number of carbonyl (C=O) groups is 6. The molecule has 0 aromatic heterocycles. The normalized spacial score (nSPS) is 40.8. The average Bonchev–Trinajstić information content (AvgIpc) is 3.48. The van der Waals surface area contributed by atoms with Gasteiger partial charge in [0, 0.05) is 58.8 Å². The van der Waals surface area contributed by atoms with Crippen LogP contribution in [0.25, 0.3) is 0 Å². The monoisotopic (exact) mass is 650 g/mol. The summed E-state index contributed by atoms with van der Waals surface area (Å²) in [7, 11) is 0. The highest BCUT2D eigenvalue weighted by Gasteiger charge is 2.87. The van der Waals surface area contributed by atoms with Gasteiger partial charge in [0.2, 0.25) is 0 Å². The van der Waals surface area contributed by atoms with E-state index in [2.05, 4.69) is 0 Å². The maximum absolute atomic E-state index is 13.3. The number of rotatable bonds is 7. The smallest absolute Gasteiger partial charge is 0.342 e. The second-order valence-electron chi connectivity index (χ2n) is 13.9. The Labute approximate surface area is 268 Å². The highest BCUT2D eigenvalue weighted by molar-refractivity contribution is 5.89. The molecular weight excluding hydrogens is 604 g/mol. The minimum Gasteiger partial charge on any atom is -0.462 e. The second kappa shape index (κ2) is 12.6. The molecule has 11 atom stereocenters. The molecule has 0 radical (unpaired) electrons. The molecule has 4 rings (SSSR count). The van der Waals surface area contributed by atoms with Gasteiger partial charge in [-0.2, -0.15) is 0 Å². The summed E-state index contributed by atoms with van der Waals surface area (Å²) in [4.78, 5) is 77.3. The fraction of sp³-hybridized carbons (Fsp3) is 0.758. The van der Waals surface area contributed by atoms with E-state index in [1.165, 1.54) is 27.7 Å². The lowest BCUT2D eigenvalue weighted by Gasteiger charge is -2.57. The number of esters is 6. The number of hydrogen-bond acceptors (Lipinski definition) is 13. The molecule has 46 heavy (non-hydrogen) atoms. The Bertz CT molecular complexity index is 1320. The predicted octanol–water partition coefficient (Wildman–Crippen LogP) is 3.14. The van der Waals surface area contributed by atoms with E-state index in [4.69, 9.17) is 33.2 Å². The third kappa shape index (κ3) is 6.14. The lowest BCUT2D eigenvalue weighted by Crippen LogP contribution is -2.68. The van der Waals surface area contributed by atoms with E-state index < -0.39 is 101 Å². The molecule has 13 heteroatoms. The van der Waals surface area contributed by atoms with Crippen molar-refractivity contribution in [3.05, 3.63) is 11.6 Å². The third-order valence-electron chi connectivity index (χ3n) is 9.86. The molecule has 1 saturated carbocycles. The highest BCUT2D eigenvalue weighted by atomic mass is 16.7. The molecule has 0 aromatic rings. The van der Waals surface area contributed by atoms with Crippen LogP contribution < -0.4 is 0 Å². The van der Waals surface area contributed by atoms with Crippen molar-refractivity contribution >= 4 is 35.8 Å². The van der Waals surface area contributed by atoms with Gasteiger partial charge in [0.05, 0.1) is 5.41 Å². The zero-order valence-electron chi connectivity index (χ0n) is 28.2. The molecule has 256 valence electrons. The first kappa shape index (κ1) is 35.4. The SMILES string of the molecule is CC(=O)O[C@@H]1[C@H](OC(C)=O)C/C(C)=C\[C@H]2OC(=O)[C@@]3(C)O[C@@]23[C@H](OC(C)=O)[C@@H]2[C@H](C)[C@H](OC(=O)CC(C)C)C[C@@H](OC(C)=O)[C@]21C. The van der Waals surface area contributed by atoms with Crippen LogP contribution in [0.2, 0.25) is 0 Å². The van der Waals surface area contributed by atoms with Crippen molar-refractivity contribution in [3.63, 3.8) is 0 Å². The molecule has 0 unspecified atom stereocenters. The van der Waals surface area contributed by atoms with Crippen LogP contribution in [0.5, 0.6) is 0 Å². The molecule has 4 aliphatic rings. The van der Waals surface area contributed by atoms with Gasteiger partial charge in [-0.05, 0) is 25.8 Å². The summed E-state index contributed by atoms with van der Waals surface area (Å²) in [5.74, 6) is -5.52. The summed E-state index contributed by atoms with van der Waals surface area (Å²) in [6.07, 6.45) is -4.84. The quantitative estimate of drug-likeness (QED) is 0.171. The minimum absolute atomic E-state index is 0.00175. The van der Waals surface area contributed by atoms with Crippen LogP contribution in [0.3, 0.4) is 0 Å². The van der Waals surface area contributed by atoms with Crippen molar-refractivity contribution in [1.29, 1.82) is 0 Å². The van der Waals surface area contributed by atoms with E-state index in [-0.39, 0.29) is 25.2 Å². The Morgan fingerprint density at radius 3 is 1.96 bits per heavy atom. The Balaban J connectivity index is 2.05. The van der Waals surface area contributed by atoms with Crippen LogP contribution in [0.15, 0.2) is 11.6 Å². The number of hydrogen-bond donors (Lipinski definition) is 0. The summed E-state index contributed by atoms with van der Waals surface area (Å²) < 4.78 is 42.0. The lowest BCUT2D eigenvalue weighted by atomic mass is 9.52. The largest absolute Gasteiger partial charge is 0.462 e. The van der Waals surface area contributed by atoms with E-state index in [9.17, 15) is 28.8 Å². The van der Waals surface area contributed by atoms with Crippen LogP contribution in [0.1, 0.15) is 88.5 Å². The van der Waals surface area contributed by atoms with Crippen molar-refractivity contribution in [1.82, 2.24) is 0 Å². The van der Waals surface area contributed by atoms with E-state index in [1.54, 1.807) is 33.8 Å². The molecule has 2 heterocycles. The average molecular weight is 651 g/mol. The molecule has 3 fully saturated rings. The van der Waals surface area contributed by atoms with Crippen LogP contribution in [-0.4, -0.2) is 83.6 Å². The lowest BCUT2D eigenvalue weighted by molar-refractivity contribution is -0.248. The zero-order valence-corrected chi connectivity index (χ0v) is 28.2. The minimum atomic E-state index is -1.53. The molecule has 0 bridgehead atoms. The number of carbonyl (C=O) groups excluding carboxylic acids is 6. The summed E-state index contributed by atoms with van der Waals surface area (Å²) in [5, 5.41) is 0. The van der Waals surface area contributed by atoms with Gasteiger partial charge in [0.25, 0.3) is 0 Å². The van der Waals surface area contributed by atoms with Crippen LogP contribution in [0, 0.1) is 23.2 Å². The molecule has 0 aromatic carbocycles. The molecular formula is C33H46O13. The fourth-order valence-electron chi connectivity index (χ4n) is 8.01. The second-order valence-corrected chi connectivity index (χ2v) is 13.9. The molecule has 1 spiro atoms. The van der Waals surface area contributed by atoms with Gasteiger partial charge in [0.1, 0.15) is 30.5 Å². The molecule has 0 N–H and O–H groups in total. The molecule has 13 nitrogen and oxygen atoms in total. The van der Waals surface area contributed by atoms with E-state index in [0.717, 1.165) is 0 Å². The maximum atomic E-state index is 13.3. The van der Waals surface area contributed by atoms with Crippen LogP contribution in [0.4, 0.5) is 0 Å². The van der Waals surface area contributed by atoms with Gasteiger partial charge in [0.15, 0.2) is 17.3 Å². The zero-order chi connectivity index (χ0) is 34.5. The number of fused-ring (bicyclic) bond motifs is 1. The Kier molecular flexibility index (Phi) is 9.70. The highest BCUT2D eigenvalue weighted by Crippen LogP contribution is 2.66. The van der Waals surface area contributed by atoms with E-state index in [1.807, 2.05) is 13.8 Å². The van der Waals surface area contributed by atoms with Crippen molar-refractivity contribution in [3.8, 4) is 0 Å². The number of ether oxygens (including phenoxy) is 7. The van der Waals surface area contributed by atoms with Crippen molar-refractivity contribution in [2.24, 2.45) is 23.2 Å². The first-order valence-corrected chi connectivity index (χ1v) is 15.7. The molecule has 2 saturated heterocycles. The van der Waals surface area contributed by atoms with Crippen LogP contribution >= 0.6 is 0 Å².